The molecule has 0 aliphatic carbocycles. The van der Waals surface area contributed by atoms with Gasteiger partial charge in [0, 0.05) is 24.0 Å². The molecule has 1 rings (SSSR count). The highest BCUT2D eigenvalue weighted by Crippen LogP contribution is 2.06. The highest BCUT2D eigenvalue weighted by atomic mass is 32.1. The van der Waals surface area contributed by atoms with E-state index < -0.39 is 12.0 Å². The number of carboxylic acid groups (broad SMARTS) is 1. The van der Waals surface area contributed by atoms with Crippen molar-refractivity contribution < 1.29 is 14.7 Å². The molecule has 0 saturated heterocycles. The maximum atomic E-state index is 11.8. The molecule has 0 aliphatic heterocycles. The van der Waals surface area contributed by atoms with Crippen molar-refractivity contribution in [3.05, 3.63) is 20.7 Å². The van der Waals surface area contributed by atoms with E-state index in [1.54, 1.807) is 9.95 Å². The summed E-state index contributed by atoms with van der Waals surface area (Å²) in [5, 5.41) is 13.4. The number of aliphatic carboxylic acids is 1. The van der Waals surface area contributed by atoms with Gasteiger partial charge in [-0.1, -0.05) is 25.2 Å². The summed E-state index contributed by atoms with van der Waals surface area (Å²) in [6.07, 6.45) is 1.13. The number of nitrogens with zero attached hydrogens (tertiary/aromatic N) is 1. The first kappa shape index (κ1) is 17.4. The van der Waals surface area contributed by atoms with Crippen molar-refractivity contribution >= 4 is 23.2 Å². The van der Waals surface area contributed by atoms with Crippen LogP contribution in [0.5, 0.6) is 0 Å². The van der Waals surface area contributed by atoms with Crippen LogP contribution in [-0.2, 0) is 16.1 Å². The van der Waals surface area contributed by atoms with Gasteiger partial charge in [-0.15, -0.1) is 0 Å². The number of aromatic nitrogens is 1. The molecule has 6 nitrogen and oxygen atoms in total. The molecule has 0 bridgehead atoms. The Hall–Kier alpha value is -1.63. The summed E-state index contributed by atoms with van der Waals surface area (Å²) in [5.74, 6) is -1.11. The Morgan fingerprint density at radius 2 is 2.10 bits per heavy atom. The maximum Gasteiger partial charge on any atom is 0.326 e. The SMILES string of the molecule is Cc1csc(=O)n1CCCC(=O)N[C@H](CC(C)C)C(=O)O. The summed E-state index contributed by atoms with van der Waals surface area (Å²) in [7, 11) is 0. The van der Waals surface area contributed by atoms with Gasteiger partial charge in [-0.2, -0.15) is 0 Å². The average molecular weight is 314 g/mol. The zero-order valence-electron chi connectivity index (χ0n) is 12.6. The number of carboxylic acids is 1. The van der Waals surface area contributed by atoms with Crippen molar-refractivity contribution in [2.24, 2.45) is 5.92 Å². The van der Waals surface area contributed by atoms with Crippen LogP contribution >= 0.6 is 11.3 Å². The second-order valence-electron chi connectivity index (χ2n) is 5.49. The molecule has 0 aliphatic rings. The molecule has 0 fully saturated rings. The first-order chi connectivity index (χ1) is 9.81. The summed E-state index contributed by atoms with van der Waals surface area (Å²) in [4.78, 5) is 34.3. The Kier molecular flexibility index (Phi) is 6.61. The largest absolute Gasteiger partial charge is 0.480 e. The van der Waals surface area contributed by atoms with Crippen molar-refractivity contribution in [3.8, 4) is 0 Å². The number of nitrogens with one attached hydrogen (secondary N) is 1. The summed E-state index contributed by atoms with van der Waals surface area (Å²) in [6.45, 7) is 6.15. The van der Waals surface area contributed by atoms with Crippen LogP contribution in [0.1, 0.15) is 38.8 Å². The Morgan fingerprint density at radius 1 is 1.43 bits per heavy atom. The number of carbonyl (C=O) groups is 2. The Balaban J connectivity index is 2.43. The lowest BCUT2D eigenvalue weighted by molar-refractivity contribution is -0.142. The second-order valence-corrected chi connectivity index (χ2v) is 6.31. The number of rotatable bonds is 8. The van der Waals surface area contributed by atoms with Crippen molar-refractivity contribution in [1.82, 2.24) is 9.88 Å². The first-order valence-corrected chi connectivity index (χ1v) is 7.86. The molecule has 2 N–H and O–H groups in total. The van der Waals surface area contributed by atoms with Gasteiger partial charge in [-0.05, 0) is 25.7 Å². The van der Waals surface area contributed by atoms with E-state index in [9.17, 15) is 14.4 Å². The summed E-state index contributed by atoms with van der Waals surface area (Å²) in [6, 6.07) is -0.844. The number of amides is 1. The topological polar surface area (TPSA) is 88.4 Å². The molecular weight excluding hydrogens is 292 g/mol. The zero-order chi connectivity index (χ0) is 16.0. The van der Waals surface area contributed by atoms with E-state index in [2.05, 4.69) is 5.32 Å². The zero-order valence-corrected chi connectivity index (χ0v) is 13.4. The van der Waals surface area contributed by atoms with Gasteiger partial charge in [0.2, 0.25) is 5.91 Å². The van der Waals surface area contributed by atoms with E-state index in [0.29, 0.717) is 19.4 Å². The number of aryl methyl sites for hydroxylation is 1. The van der Waals surface area contributed by atoms with Crippen LogP contribution in [0.4, 0.5) is 0 Å². The van der Waals surface area contributed by atoms with Crippen molar-refractivity contribution in [2.75, 3.05) is 0 Å². The van der Waals surface area contributed by atoms with Crippen LogP contribution in [0.3, 0.4) is 0 Å². The molecule has 7 heteroatoms. The monoisotopic (exact) mass is 314 g/mol. The maximum absolute atomic E-state index is 11.8. The van der Waals surface area contributed by atoms with Gasteiger partial charge in [0.25, 0.3) is 0 Å². The summed E-state index contributed by atoms with van der Waals surface area (Å²) < 4.78 is 1.63. The smallest absolute Gasteiger partial charge is 0.326 e. The second kappa shape index (κ2) is 7.97. The summed E-state index contributed by atoms with van der Waals surface area (Å²) >= 11 is 1.14. The van der Waals surface area contributed by atoms with Gasteiger partial charge in [-0.3, -0.25) is 9.59 Å². The molecule has 0 unspecified atom stereocenters. The van der Waals surface area contributed by atoms with Crippen molar-refractivity contribution in [3.63, 3.8) is 0 Å². The van der Waals surface area contributed by atoms with E-state index in [1.807, 2.05) is 20.8 Å². The molecular formula is C14H22N2O4S. The van der Waals surface area contributed by atoms with Crippen LogP contribution in [-0.4, -0.2) is 27.6 Å². The number of hydrogen-bond acceptors (Lipinski definition) is 4. The third-order valence-corrected chi connectivity index (χ3v) is 3.98. The van der Waals surface area contributed by atoms with E-state index >= 15 is 0 Å². The molecule has 0 spiro atoms. The van der Waals surface area contributed by atoms with Gasteiger partial charge < -0.3 is 15.0 Å². The van der Waals surface area contributed by atoms with Crippen LogP contribution < -0.4 is 10.2 Å². The molecule has 1 aromatic heterocycles. The number of thiazole rings is 1. The third kappa shape index (κ3) is 5.71. The minimum Gasteiger partial charge on any atom is -0.480 e. The lowest BCUT2D eigenvalue weighted by Crippen LogP contribution is -2.41. The van der Waals surface area contributed by atoms with E-state index in [0.717, 1.165) is 17.0 Å². The fraction of sp³-hybridized carbons (Fsp3) is 0.643. The fourth-order valence-electron chi connectivity index (χ4n) is 2.03. The predicted molar refractivity (Wildman–Crippen MR) is 81.6 cm³/mol. The van der Waals surface area contributed by atoms with Crippen LogP contribution in [0, 0.1) is 12.8 Å². The van der Waals surface area contributed by atoms with Gasteiger partial charge in [0.1, 0.15) is 6.04 Å². The lowest BCUT2D eigenvalue weighted by Gasteiger charge is -2.16. The molecule has 118 valence electrons. The van der Waals surface area contributed by atoms with Crippen molar-refractivity contribution in [1.29, 1.82) is 0 Å². The fourth-order valence-corrected chi connectivity index (χ4v) is 2.79. The van der Waals surface area contributed by atoms with Gasteiger partial charge in [-0.25, -0.2) is 4.79 Å². The van der Waals surface area contributed by atoms with Gasteiger partial charge in [0.15, 0.2) is 0 Å². The molecule has 1 heterocycles. The molecule has 0 saturated carbocycles. The quantitative estimate of drug-likeness (QED) is 0.763. The van der Waals surface area contributed by atoms with E-state index in [-0.39, 0.29) is 23.1 Å². The Labute approximate surface area is 127 Å². The summed E-state index contributed by atoms with van der Waals surface area (Å²) in [5.41, 5.74) is 0.883. The highest BCUT2D eigenvalue weighted by Gasteiger charge is 2.20. The van der Waals surface area contributed by atoms with Gasteiger partial charge in [0.05, 0.1) is 0 Å². The highest BCUT2D eigenvalue weighted by molar-refractivity contribution is 7.07. The average Bonchev–Trinajstić information content (AvgIpc) is 2.69. The minimum absolute atomic E-state index is 0.0314. The Morgan fingerprint density at radius 3 is 2.57 bits per heavy atom. The van der Waals surface area contributed by atoms with Crippen LogP contribution in [0.25, 0.3) is 0 Å². The number of hydrogen-bond donors (Lipinski definition) is 2. The molecule has 21 heavy (non-hydrogen) atoms. The minimum atomic E-state index is -1.01. The molecule has 0 radical (unpaired) electrons. The Bertz CT molecular complexity index is 547. The number of carbonyl (C=O) groups excluding carboxylic acids is 1. The molecule has 1 atom stereocenters. The first-order valence-electron chi connectivity index (χ1n) is 6.98. The third-order valence-electron chi connectivity index (χ3n) is 3.10. The molecule has 1 aromatic rings. The van der Waals surface area contributed by atoms with E-state index in [4.69, 9.17) is 5.11 Å². The lowest BCUT2D eigenvalue weighted by atomic mass is 10.0. The van der Waals surface area contributed by atoms with Crippen LogP contribution in [0.2, 0.25) is 0 Å². The normalized spacial score (nSPS) is 12.4. The van der Waals surface area contributed by atoms with Crippen LogP contribution in [0.15, 0.2) is 10.2 Å². The van der Waals surface area contributed by atoms with Crippen molar-refractivity contribution in [2.45, 2.75) is 52.6 Å². The standard InChI is InChI=1S/C14H22N2O4S/c1-9(2)7-11(13(18)19)15-12(17)5-4-6-16-10(3)8-21-14(16)20/h8-9,11H,4-7H2,1-3H3,(H,15,17)(H,18,19)/t11-/m1/s1. The molecule has 0 aromatic carbocycles. The van der Waals surface area contributed by atoms with E-state index in [1.165, 1.54) is 0 Å². The predicted octanol–water partition coefficient (Wildman–Crippen LogP) is 1.61. The van der Waals surface area contributed by atoms with Gasteiger partial charge >= 0.3 is 10.8 Å². The molecule has 1 amide bonds.